The lowest BCUT2D eigenvalue weighted by atomic mass is 10.3. The molecule has 22 heavy (non-hydrogen) atoms. The fraction of sp³-hybridized carbons (Fsp3) is 0.375. The molecular formula is C16H20Cl2N4. The van der Waals surface area contributed by atoms with Crippen LogP contribution < -0.4 is 10.2 Å². The largest absolute Gasteiger partial charge is 0.341 e. The Labute approximate surface area is 141 Å². The van der Waals surface area contributed by atoms with Crippen LogP contribution in [-0.2, 0) is 0 Å². The van der Waals surface area contributed by atoms with Crippen LogP contribution in [0.15, 0.2) is 30.5 Å². The van der Waals surface area contributed by atoms with Crippen molar-refractivity contribution >= 4 is 40.7 Å². The number of nitrogens with zero attached hydrogens (tertiary/aromatic N) is 3. The van der Waals surface area contributed by atoms with Crippen molar-refractivity contribution in [3.8, 4) is 0 Å². The molecule has 2 aromatic rings. The third kappa shape index (κ3) is 4.75. The van der Waals surface area contributed by atoms with Gasteiger partial charge in [0.25, 0.3) is 0 Å². The van der Waals surface area contributed by atoms with Crippen molar-refractivity contribution in [2.24, 2.45) is 0 Å². The van der Waals surface area contributed by atoms with Gasteiger partial charge in [-0.1, -0.05) is 37.0 Å². The first-order valence-corrected chi connectivity index (χ1v) is 8.19. The molecular weight excluding hydrogens is 319 g/mol. The molecule has 0 unspecified atom stereocenters. The third-order valence-corrected chi connectivity index (χ3v) is 3.48. The number of anilines is 3. The summed E-state index contributed by atoms with van der Waals surface area (Å²) in [6.07, 6.45) is 3.88. The quantitative estimate of drug-likeness (QED) is 0.757. The summed E-state index contributed by atoms with van der Waals surface area (Å²) in [5.41, 5.74) is 0.805. The number of rotatable bonds is 7. The smallest absolute Gasteiger partial charge is 0.227 e. The Morgan fingerprint density at radius 3 is 2.27 bits per heavy atom. The van der Waals surface area contributed by atoms with Gasteiger partial charge in [0.2, 0.25) is 5.95 Å². The molecule has 0 aliphatic rings. The minimum atomic E-state index is 0.586. The van der Waals surface area contributed by atoms with Gasteiger partial charge in [-0.25, -0.2) is 4.98 Å². The van der Waals surface area contributed by atoms with Gasteiger partial charge in [0.05, 0.1) is 0 Å². The van der Waals surface area contributed by atoms with Crippen molar-refractivity contribution in [1.82, 2.24) is 9.97 Å². The molecule has 0 bridgehead atoms. The molecule has 1 aromatic carbocycles. The van der Waals surface area contributed by atoms with Crippen LogP contribution in [0.3, 0.4) is 0 Å². The molecule has 0 spiro atoms. The van der Waals surface area contributed by atoms with Gasteiger partial charge < -0.3 is 10.2 Å². The number of benzene rings is 1. The standard InChI is InChI=1S/C16H20Cl2N4/c1-3-7-22(8-4-2)16-19-6-5-15(21-16)20-14-10-12(17)9-13(18)11-14/h5-6,9-11H,3-4,7-8H2,1-2H3,(H,19,20,21). The Morgan fingerprint density at radius 1 is 1.05 bits per heavy atom. The van der Waals surface area contributed by atoms with Crippen molar-refractivity contribution in [1.29, 1.82) is 0 Å². The highest BCUT2D eigenvalue weighted by atomic mass is 35.5. The average molecular weight is 339 g/mol. The summed E-state index contributed by atoms with van der Waals surface area (Å²) in [6, 6.07) is 7.15. The van der Waals surface area contributed by atoms with Gasteiger partial charge in [0, 0.05) is 35.0 Å². The van der Waals surface area contributed by atoms with Gasteiger partial charge in [-0.15, -0.1) is 0 Å². The molecule has 1 heterocycles. The van der Waals surface area contributed by atoms with E-state index < -0.39 is 0 Å². The fourth-order valence-electron chi connectivity index (χ4n) is 2.20. The number of halogens is 2. The normalized spacial score (nSPS) is 10.5. The van der Waals surface area contributed by atoms with E-state index in [4.69, 9.17) is 23.2 Å². The van der Waals surface area contributed by atoms with E-state index >= 15 is 0 Å². The summed E-state index contributed by atoms with van der Waals surface area (Å²) in [5, 5.41) is 4.39. The molecule has 0 saturated carbocycles. The molecule has 4 nitrogen and oxygen atoms in total. The van der Waals surface area contributed by atoms with Gasteiger partial charge in [-0.2, -0.15) is 4.98 Å². The van der Waals surface area contributed by atoms with Gasteiger partial charge in [-0.05, 0) is 37.1 Å². The first-order chi connectivity index (χ1) is 10.6. The maximum absolute atomic E-state index is 6.02. The predicted octanol–water partition coefficient (Wildman–Crippen LogP) is 5.15. The van der Waals surface area contributed by atoms with Crippen molar-refractivity contribution in [2.75, 3.05) is 23.3 Å². The number of hydrogen-bond acceptors (Lipinski definition) is 4. The van der Waals surface area contributed by atoms with E-state index in [-0.39, 0.29) is 0 Å². The molecule has 1 aromatic heterocycles. The Morgan fingerprint density at radius 2 is 1.68 bits per heavy atom. The summed E-state index contributed by atoms with van der Waals surface area (Å²) in [4.78, 5) is 11.1. The SMILES string of the molecule is CCCN(CCC)c1nccc(Nc2cc(Cl)cc(Cl)c2)n1. The van der Waals surface area contributed by atoms with Crippen molar-refractivity contribution < 1.29 is 0 Å². The number of hydrogen-bond donors (Lipinski definition) is 1. The molecule has 0 saturated heterocycles. The molecule has 0 atom stereocenters. The summed E-state index contributed by atoms with van der Waals surface area (Å²) in [5.74, 6) is 1.46. The highest BCUT2D eigenvalue weighted by Gasteiger charge is 2.09. The molecule has 118 valence electrons. The van der Waals surface area contributed by atoms with Gasteiger partial charge in [0.1, 0.15) is 5.82 Å². The summed E-state index contributed by atoms with van der Waals surface area (Å²) < 4.78 is 0. The van der Waals surface area contributed by atoms with Gasteiger partial charge >= 0.3 is 0 Å². The second-order valence-corrected chi connectivity index (χ2v) is 5.88. The lowest BCUT2D eigenvalue weighted by Gasteiger charge is -2.21. The molecule has 0 amide bonds. The Hall–Kier alpha value is -1.52. The van der Waals surface area contributed by atoms with E-state index in [1.807, 2.05) is 18.2 Å². The maximum Gasteiger partial charge on any atom is 0.227 e. The van der Waals surface area contributed by atoms with Gasteiger partial charge in [-0.3, -0.25) is 0 Å². The van der Waals surface area contributed by atoms with Crippen LogP contribution in [0, 0.1) is 0 Å². The fourth-order valence-corrected chi connectivity index (χ4v) is 2.72. The summed E-state index contributed by atoms with van der Waals surface area (Å²) in [6.45, 7) is 6.19. The van der Waals surface area contributed by atoms with E-state index in [0.717, 1.165) is 43.4 Å². The first kappa shape index (κ1) is 16.8. The van der Waals surface area contributed by atoms with Crippen LogP contribution in [0.4, 0.5) is 17.5 Å². The van der Waals surface area contributed by atoms with E-state index in [1.54, 1.807) is 12.3 Å². The maximum atomic E-state index is 6.02. The van der Waals surface area contributed by atoms with E-state index in [1.165, 1.54) is 0 Å². The van der Waals surface area contributed by atoms with Crippen LogP contribution in [0.25, 0.3) is 0 Å². The minimum Gasteiger partial charge on any atom is -0.341 e. The van der Waals surface area contributed by atoms with Crippen LogP contribution in [-0.4, -0.2) is 23.1 Å². The first-order valence-electron chi connectivity index (χ1n) is 7.43. The van der Waals surface area contributed by atoms with Crippen LogP contribution in [0.2, 0.25) is 10.0 Å². The second kappa shape index (κ2) is 8.20. The van der Waals surface area contributed by atoms with Crippen LogP contribution in [0.1, 0.15) is 26.7 Å². The molecule has 0 aliphatic heterocycles. The van der Waals surface area contributed by atoms with Crippen LogP contribution >= 0.6 is 23.2 Å². The third-order valence-electron chi connectivity index (χ3n) is 3.05. The van der Waals surface area contributed by atoms with Crippen molar-refractivity contribution in [3.05, 3.63) is 40.5 Å². The summed E-state index contributed by atoms with van der Waals surface area (Å²) in [7, 11) is 0. The Balaban J connectivity index is 2.20. The van der Waals surface area contributed by atoms with E-state index in [9.17, 15) is 0 Å². The summed E-state index contributed by atoms with van der Waals surface area (Å²) >= 11 is 12.0. The van der Waals surface area contributed by atoms with Gasteiger partial charge in [0.15, 0.2) is 0 Å². The lowest BCUT2D eigenvalue weighted by molar-refractivity contribution is 0.722. The molecule has 0 fully saturated rings. The minimum absolute atomic E-state index is 0.586. The monoisotopic (exact) mass is 338 g/mol. The molecule has 6 heteroatoms. The predicted molar refractivity (Wildman–Crippen MR) is 94.6 cm³/mol. The lowest BCUT2D eigenvalue weighted by Crippen LogP contribution is -2.26. The Bertz CT molecular complexity index is 593. The highest BCUT2D eigenvalue weighted by molar-refractivity contribution is 6.35. The molecule has 1 N–H and O–H groups in total. The number of nitrogens with one attached hydrogen (secondary N) is 1. The van der Waals surface area contributed by atoms with Crippen molar-refractivity contribution in [2.45, 2.75) is 26.7 Å². The molecule has 0 radical (unpaired) electrons. The van der Waals surface area contributed by atoms with E-state index in [2.05, 4.69) is 34.0 Å². The highest BCUT2D eigenvalue weighted by Crippen LogP contribution is 2.25. The Kier molecular flexibility index (Phi) is 6.28. The zero-order chi connectivity index (χ0) is 15.9. The average Bonchev–Trinajstić information content (AvgIpc) is 2.46. The van der Waals surface area contributed by atoms with Crippen LogP contribution in [0.5, 0.6) is 0 Å². The zero-order valence-electron chi connectivity index (χ0n) is 12.8. The van der Waals surface area contributed by atoms with Crippen molar-refractivity contribution in [3.63, 3.8) is 0 Å². The van der Waals surface area contributed by atoms with E-state index in [0.29, 0.717) is 10.0 Å². The zero-order valence-corrected chi connectivity index (χ0v) is 14.3. The number of aromatic nitrogens is 2. The second-order valence-electron chi connectivity index (χ2n) is 5.01. The molecule has 0 aliphatic carbocycles. The molecule has 2 rings (SSSR count). The topological polar surface area (TPSA) is 41.1 Å².